The molecular formula is C9H13NO. The lowest BCUT2D eigenvalue weighted by Crippen LogP contribution is -2.31. The second-order valence-corrected chi connectivity index (χ2v) is 3.82. The Morgan fingerprint density at radius 1 is 1.55 bits per heavy atom. The zero-order valence-corrected chi connectivity index (χ0v) is 6.55. The van der Waals surface area contributed by atoms with E-state index in [9.17, 15) is 0 Å². The Kier molecular flexibility index (Phi) is 1.11. The van der Waals surface area contributed by atoms with Crippen LogP contribution in [-0.4, -0.2) is 19.2 Å². The fourth-order valence-electron chi connectivity index (χ4n) is 2.59. The van der Waals surface area contributed by atoms with Crippen molar-refractivity contribution in [3.8, 4) is 0 Å². The molecule has 60 valence electrons. The Balaban J connectivity index is 1.90. The molecule has 0 aromatic carbocycles. The van der Waals surface area contributed by atoms with Gasteiger partial charge in [0.25, 0.3) is 0 Å². The summed E-state index contributed by atoms with van der Waals surface area (Å²) in [6.45, 7) is 2.24. The highest BCUT2D eigenvalue weighted by Gasteiger charge is 2.42. The fraction of sp³-hybridized carbons (Fsp3) is 0.778. The van der Waals surface area contributed by atoms with Crippen LogP contribution in [0.2, 0.25) is 0 Å². The molecule has 0 saturated carbocycles. The summed E-state index contributed by atoms with van der Waals surface area (Å²) in [6.07, 6.45) is 5.38. The predicted octanol–water partition coefficient (Wildman–Crippen LogP) is 0.898. The van der Waals surface area contributed by atoms with Gasteiger partial charge in [-0.05, 0) is 25.0 Å². The zero-order valence-electron chi connectivity index (χ0n) is 6.55. The maximum atomic E-state index is 5.71. The van der Waals surface area contributed by atoms with E-state index in [1.807, 2.05) is 0 Å². The maximum absolute atomic E-state index is 5.71. The second-order valence-electron chi connectivity index (χ2n) is 3.82. The highest BCUT2D eigenvalue weighted by atomic mass is 16.5. The monoisotopic (exact) mass is 151 g/mol. The minimum absolute atomic E-state index is 0.478. The van der Waals surface area contributed by atoms with Crippen molar-refractivity contribution in [1.29, 1.82) is 0 Å². The van der Waals surface area contributed by atoms with Gasteiger partial charge in [0.2, 0.25) is 0 Å². The Morgan fingerprint density at radius 2 is 2.55 bits per heavy atom. The first-order chi connectivity index (χ1) is 5.43. The molecule has 0 radical (unpaired) electrons. The molecule has 1 fully saturated rings. The standard InChI is InChI=1S/C9H13NO/c1-2-10-5-9-8-4-7(11-9)3-6(1)8/h4,6,8-10H,1-3,5H2. The number of rotatable bonds is 0. The molecule has 0 amide bonds. The lowest BCUT2D eigenvalue weighted by atomic mass is 9.88. The summed E-state index contributed by atoms with van der Waals surface area (Å²) in [5.41, 5.74) is 0. The Morgan fingerprint density at radius 3 is 3.45 bits per heavy atom. The Labute approximate surface area is 66.6 Å². The van der Waals surface area contributed by atoms with Crippen LogP contribution in [0.5, 0.6) is 0 Å². The molecule has 0 spiro atoms. The van der Waals surface area contributed by atoms with Crippen molar-refractivity contribution >= 4 is 0 Å². The molecule has 3 atom stereocenters. The van der Waals surface area contributed by atoms with Gasteiger partial charge in [-0.2, -0.15) is 0 Å². The first kappa shape index (κ1) is 6.06. The molecule has 3 rings (SSSR count). The molecule has 1 N–H and O–H groups in total. The van der Waals surface area contributed by atoms with E-state index >= 15 is 0 Å². The van der Waals surface area contributed by atoms with Crippen molar-refractivity contribution in [3.05, 3.63) is 11.8 Å². The molecule has 1 saturated heterocycles. The summed E-state index contributed by atoms with van der Waals surface area (Å²) in [7, 11) is 0. The Hall–Kier alpha value is -0.500. The van der Waals surface area contributed by atoms with E-state index in [0.29, 0.717) is 6.10 Å². The quantitative estimate of drug-likeness (QED) is 0.555. The van der Waals surface area contributed by atoms with E-state index in [4.69, 9.17) is 4.74 Å². The van der Waals surface area contributed by atoms with Gasteiger partial charge in [-0.3, -0.25) is 0 Å². The van der Waals surface area contributed by atoms with Crippen LogP contribution >= 0.6 is 0 Å². The topological polar surface area (TPSA) is 21.3 Å². The van der Waals surface area contributed by atoms with E-state index < -0.39 is 0 Å². The van der Waals surface area contributed by atoms with Gasteiger partial charge in [0, 0.05) is 18.9 Å². The molecular weight excluding hydrogens is 138 g/mol. The molecule has 2 nitrogen and oxygen atoms in total. The molecule has 0 aromatic rings. The highest BCUT2D eigenvalue weighted by Crippen LogP contribution is 2.44. The molecule has 0 aromatic heterocycles. The summed E-state index contributed by atoms with van der Waals surface area (Å²) in [4.78, 5) is 0. The van der Waals surface area contributed by atoms with Gasteiger partial charge in [0.05, 0.1) is 5.76 Å². The Bertz CT molecular complexity index is 194. The fourth-order valence-corrected chi connectivity index (χ4v) is 2.59. The number of hydrogen-bond acceptors (Lipinski definition) is 2. The molecule has 1 aliphatic carbocycles. The van der Waals surface area contributed by atoms with E-state index in [1.165, 1.54) is 25.1 Å². The lowest BCUT2D eigenvalue weighted by molar-refractivity contribution is 0.0571. The maximum Gasteiger partial charge on any atom is 0.117 e. The van der Waals surface area contributed by atoms with Crippen molar-refractivity contribution in [1.82, 2.24) is 5.32 Å². The van der Waals surface area contributed by atoms with E-state index in [-0.39, 0.29) is 0 Å². The van der Waals surface area contributed by atoms with E-state index in [0.717, 1.165) is 18.4 Å². The lowest BCUT2D eigenvalue weighted by Gasteiger charge is -2.26. The van der Waals surface area contributed by atoms with Crippen molar-refractivity contribution in [2.75, 3.05) is 13.1 Å². The number of hydrogen-bond donors (Lipinski definition) is 1. The number of allylic oxidation sites excluding steroid dienone is 1. The SMILES string of the molecule is C1=C2CC3CCNCC(O2)C13. The second kappa shape index (κ2) is 2.01. The van der Waals surface area contributed by atoms with Gasteiger partial charge < -0.3 is 10.1 Å². The average Bonchev–Trinajstić information content (AvgIpc) is 2.55. The van der Waals surface area contributed by atoms with Crippen LogP contribution in [-0.2, 0) is 4.74 Å². The molecule has 2 heterocycles. The van der Waals surface area contributed by atoms with Crippen molar-refractivity contribution in [3.63, 3.8) is 0 Å². The minimum Gasteiger partial charge on any atom is -0.493 e. The van der Waals surface area contributed by atoms with Crippen molar-refractivity contribution in [2.45, 2.75) is 18.9 Å². The third-order valence-electron chi connectivity index (χ3n) is 3.16. The average molecular weight is 151 g/mol. The molecule has 3 aliphatic rings. The molecule has 3 unspecified atom stereocenters. The summed E-state index contributed by atoms with van der Waals surface area (Å²) in [5, 5.41) is 3.42. The smallest absolute Gasteiger partial charge is 0.117 e. The first-order valence-electron chi connectivity index (χ1n) is 4.51. The largest absolute Gasteiger partial charge is 0.493 e. The molecule has 11 heavy (non-hydrogen) atoms. The van der Waals surface area contributed by atoms with Crippen LogP contribution < -0.4 is 5.32 Å². The summed E-state index contributed by atoms with van der Waals surface area (Å²) in [6, 6.07) is 0. The van der Waals surface area contributed by atoms with Gasteiger partial charge in [0.15, 0.2) is 0 Å². The predicted molar refractivity (Wildman–Crippen MR) is 42.0 cm³/mol. The third kappa shape index (κ3) is 0.761. The third-order valence-corrected chi connectivity index (χ3v) is 3.16. The van der Waals surface area contributed by atoms with E-state index in [1.54, 1.807) is 0 Å². The summed E-state index contributed by atoms with van der Waals surface area (Å²) in [5.74, 6) is 2.92. The zero-order chi connectivity index (χ0) is 7.26. The number of nitrogens with one attached hydrogen (secondary N) is 1. The minimum atomic E-state index is 0.478. The van der Waals surface area contributed by atoms with Gasteiger partial charge >= 0.3 is 0 Å². The van der Waals surface area contributed by atoms with Crippen LogP contribution in [0.25, 0.3) is 0 Å². The van der Waals surface area contributed by atoms with Gasteiger partial charge in [-0.15, -0.1) is 0 Å². The number of ether oxygens (including phenoxy) is 1. The highest BCUT2D eigenvalue weighted by molar-refractivity contribution is 5.17. The first-order valence-corrected chi connectivity index (χ1v) is 4.51. The van der Waals surface area contributed by atoms with Crippen LogP contribution in [0.3, 0.4) is 0 Å². The summed E-state index contributed by atoms with van der Waals surface area (Å²) >= 11 is 0. The van der Waals surface area contributed by atoms with Gasteiger partial charge in [0.1, 0.15) is 6.10 Å². The molecule has 2 bridgehead atoms. The van der Waals surface area contributed by atoms with Crippen molar-refractivity contribution < 1.29 is 4.74 Å². The van der Waals surface area contributed by atoms with Crippen LogP contribution in [0, 0.1) is 11.8 Å². The van der Waals surface area contributed by atoms with Crippen LogP contribution in [0.1, 0.15) is 12.8 Å². The van der Waals surface area contributed by atoms with Gasteiger partial charge in [-0.1, -0.05) is 0 Å². The van der Waals surface area contributed by atoms with Crippen molar-refractivity contribution in [2.24, 2.45) is 11.8 Å². The molecule has 2 heteroatoms. The van der Waals surface area contributed by atoms with Crippen LogP contribution in [0.15, 0.2) is 11.8 Å². The van der Waals surface area contributed by atoms with Crippen LogP contribution in [0.4, 0.5) is 0 Å². The normalized spacial score (nSPS) is 46.5. The van der Waals surface area contributed by atoms with Gasteiger partial charge in [-0.25, -0.2) is 0 Å². The summed E-state index contributed by atoms with van der Waals surface area (Å²) < 4.78 is 5.71. The van der Waals surface area contributed by atoms with E-state index in [2.05, 4.69) is 11.4 Å². The molecule has 2 aliphatic heterocycles.